The summed E-state index contributed by atoms with van der Waals surface area (Å²) in [6, 6.07) is 7.70. The minimum absolute atomic E-state index is 0.312. The minimum Gasteiger partial charge on any atom is -0.462 e. The minimum atomic E-state index is -0.312. The molecule has 0 aliphatic heterocycles. The highest BCUT2D eigenvalue weighted by Crippen LogP contribution is 2.15. The molecule has 0 unspecified atom stereocenters. The van der Waals surface area contributed by atoms with Gasteiger partial charge in [0, 0.05) is 11.8 Å². The van der Waals surface area contributed by atoms with Crippen molar-refractivity contribution in [2.24, 2.45) is 0 Å². The van der Waals surface area contributed by atoms with Gasteiger partial charge in [-0.2, -0.15) is 5.26 Å². The van der Waals surface area contributed by atoms with Crippen LogP contribution in [-0.4, -0.2) is 12.6 Å². The van der Waals surface area contributed by atoms with E-state index < -0.39 is 0 Å². The summed E-state index contributed by atoms with van der Waals surface area (Å²) in [5.74, 6) is -0.312. The molecule has 0 radical (unpaired) electrons. The van der Waals surface area contributed by atoms with Gasteiger partial charge in [0.15, 0.2) is 0 Å². The van der Waals surface area contributed by atoms with Crippen LogP contribution in [0.5, 0.6) is 0 Å². The predicted octanol–water partition coefficient (Wildman–Crippen LogP) is 3.21. The Balaban J connectivity index is 2.97. The molecule has 0 spiro atoms. The highest BCUT2D eigenvalue weighted by molar-refractivity contribution is 9.08. The number of halogens is 1. The maximum atomic E-state index is 11.6. The van der Waals surface area contributed by atoms with Gasteiger partial charge < -0.3 is 4.74 Å². The van der Waals surface area contributed by atoms with Gasteiger partial charge in [-0.25, -0.2) is 4.79 Å². The Labute approximate surface area is 110 Å². The van der Waals surface area contributed by atoms with Crippen molar-refractivity contribution in [2.75, 3.05) is 6.61 Å². The normalized spacial score (nSPS) is 9.71. The second-order valence-electron chi connectivity index (χ2n) is 3.55. The van der Waals surface area contributed by atoms with Crippen molar-refractivity contribution in [3.05, 3.63) is 34.9 Å². The first-order valence-electron chi connectivity index (χ1n) is 5.44. The van der Waals surface area contributed by atoms with Gasteiger partial charge in [-0.3, -0.25) is 0 Å². The smallest absolute Gasteiger partial charge is 0.338 e. The lowest BCUT2D eigenvalue weighted by atomic mass is 10.0. The van der Waals surface area contributed by atoms with Gasteiger partial charge in [0.1, 0.15) is 0 Å². The summed E-state index contributed by atoms with van der Waals surface area (Å²) in [4.78, 5) is 11.6. The van der Waals surface area contributed by atoms with Crippen molar-refractivity contribution in [1.29, 1.82) is 5.26 Å². The van der Waals surface area contributed by atoms with E-state index in [4.69, 9.17) is 10.00 Å². The summed E-state index contributed by atoms with van der Waals surface area (Å²) in [6.07, 6.45) is 1.11. The molecule has 0 fully saturated rings. The maximum absolute atomic E-state index is 11.6. The maximum Gasteiger partial charge on any atom is 0.338 e. The molecule has 0 aliphatic rings. The fourth-order valence-electron chi connectivity index (χ4n) is 1.52. The average molecular weight is 296 g/mol. The number of aryl methyl sites for hydroxylation is 1. The zero-order chi connectivity index (χ0) is 12.7. The topological polar surface area (TPSA) is 50.1 Å². The molecule has 0 heterocycles. The number of carbonyl (C=O) groups is 1. The summed E-state index contributed by atoms with van der Waals surface area (Å²) >= 11 is 3.36. The number of alkyl halides is 1. The fraction of sp³-hybridized carbons (Fsp3) is 0.385. The number of nitriles is 1. The van der Waals surface area contributed by atoms with Crippen LogP contribution in [0.2, 0.25) is 0 Å². The van der Waals surface area contributed by atoms with Crippen LogP contribution in [0.15, 0.2) is 18.2 Å². The molecule has 0 bridgehead atoms. The van der Waals surface area contributed by atoms with Crippen molar-refractivity contribution in [3.8, 4) is 6.07 Å². The number of hydrogen-bond donors (Lipinski definition) is 0. The molecule has 0 saturated heterocycles. The zero-order valence-corrected chi connectivity index (χ0v) is 11.3. The molecule has 17 heavy (non-hydrogen) atoms. The van der Waals surface area contributed by atoms with E-state index in [2.05, 4.69) is 22.0 Å². The van der Waals surface area contributed by atoms with Crippen molar-refractivity contribution < 1.29 is 9.53 Å². The Kier molecular flexibility index (Phi) is 5.71. The summed E-state index contributed by atoms with van der Waals surface area (Å²) < 4.78 is 4.97. The van der Waals surface area contributed by atoms with E-state index >= 15 is 0 Å². The number of carbonyl (C=O) groups excluding carboxylic acids is 1. The molecular weight excluding hydrogens is 282 g/mol. The number of hydrogen-bond acceptors (Lipinski definition) is 3. The van der Waals surface area contributed by atoms with E-state index in [0.29, 0.717) is 30.3 Å². The molecule has 1 aromatic rings. The third-order valence-corrected chi connectivity index (χ3v) is 2.89. The van der Waals surface area contributed by atoms with Gasteiger partial charge in [0.05, 0.1) is 18.2 Å². The first kappa shape index (κ1) is 13.7. The van der Waals surface area contributed by atoms with Crippen molar-refractivity contribution in [3.63, 3.8) is 0 Å². The summed E-state index contributed by atoms with van der Waals surface area (Å²) in [5, 5.41) is 9.25. The van der Waals surface area contributed by atoms with Gasteiger partial charge in [-0.1, -0.05) is 22.0 Å². The molecule has 0 amide bonds. The quantitative estimate of drug-likeness (QED) is 0.619. The molecule has 0 aromatic heterocycles. The Morgan fingerprint density at radius 3 is 2.71 bits per heavy atom. The molecule has 1 rings (SSSR count). The van der Waals surface area contributed by atoms with E-state index in [1.807, 2.05) is 12.1 Å². The van der Waals surface area contributed by atoms with E-state index in [-0.39, 0.29) is 5.97 Å². The largest absolute Gasteiger partial charge is 0.462 e. The Hall–Kier alpha value is -1.34. The van der Waals surface area contributed by atoms with Crippen LogP contribution < -0.4 is 0 Å². The molecule has 0 N–H and O–H groups in total. The molecule has 3 nitrogen and oxygen atoms in total. The first-order valence-corrected chi connectivity index (χ1v) is 6.56. The van der Waals surface area contributed by atoms with Gasteiger partial charge >= 0.3 is 5.97 Å². The van der Waals surface area contributed by atoms with Gasteiger partial charge in [-0.15, -0.1) is 0 Å². The molecule has 0 atom stereocenters. The second-order valence-corrected chi connectivity index (χ2v) is 4.11. The number of rotatable bonds is 5. The van der Waals surface area contributed by atoms with Crippen molar-refractivity contribution in [1.82, 2.24) is 0 Å². The lowest BCUT2D eigenvalue weighted by Crippen LogP contribution is -2.06. The lowest BCUT2D eigenvalue weighted by Gasteiger charge is -2.07. The molecule has 90 valence electrons. The van der Waals surface area contributed by atoms with Crippen molar-refractivity contribution in [2.45, 2.75) is 25.1 Å². The summed E-state index contributed by atoms with van der Waals surface area (Å²) in [5.41, 5.74) is 2.56. The van der Waals surface area contributed by atoms with E-state index in [0.717, 1.165) is 11.1 Å². The van der Waals surface area contributed by atoms with Gasteiger partial charge in [0.2, 0.25) is 0 Å². The predicted molar refractivity (Wildman–Crippen MR) is 69.0 cm³/mol. The van der Waals surface area contributed by atoms with E-state index in [1.165, 1.54) is 0 Å². The first-order chi connectivity index (χ1) is 8.21. The summed E-state index contributed by atoms with van der Waals surface area (Å²) in [6.45, 7) is 2.15. The van der Waals surface area contributed by atoms with Crippen LogP contribution >= 0.6 is 15.9 Å². The molecule has 1 aromatic carbocycles. The highest BCUT2D eigenvalue weighted by Gasteiger charge is 2.09. The van der Waals surface area contributed by atoms with Crippen LogP contribution in [0, 0.1) is 11.3 Å². The van der Waals surface area contributed by atoms with E-state index in [9.17, 15) is 4.79 Å². The number of ether oxygens (including phenoxy) is 1. The monoisotopic (exact) mass is 295 g/mol. The van der Waals surface area contributed by atoms with Gasteiger partial charge in [-0.05, 0) is 36.6 Å². The van der Waals surface area contributed by atoms with Gasteiger partial charge in [0.25, 0.3) is 0 Å². The third kappa shape index (κ3) is 4.20. The van der Waals surface area contributed by atoms with Crippen LogP contribution in [0.1, 0.15) is 34.8 Å². The SMILES string of the molecule is CCOC(=O)c1cc(CBr)cc(CCC#N)c1. The molecule has 0 aliphatic carbocycles. The number of nitrogens with zero attached hydrogens (tertiary/aromatic N) is 1. The summed E-state index contributed by atoms with van der Waals surface area (Å²) in [7, 11) is 0. The number of benzene rings is 1. The molecule has 0 saturated carbocycles. The van der Waals surface area contributed by atoms with Crippen LogP contribution in [-0.2, 0) is 16.5 Å². The average Bonchev–Trinajstić information content (AvgIpc) is 2.36. The zero-order valence-electron chi connectivity index (χ0n) is 9.70. The standard InChI is InChI=1S/C13H14BrNO2/c1-2-17-13(16)12-7-10(4-3-5-15)6-11(8-12)9-14/h6-8H,2-4,9H2,1H3. The Morgan fingerprint density at radius 2 is 2.12 bits per heavy atom. The van der Waals surface area contributed by atoms with Crippen molar-refractivity contribution >= 4 is 21.9 Å². The van der Waals surface area contributed by atoms with Crippen LogP contribution in [0.3, 0.4) is 0 Å². The highest BCUT2D eigenvalue weighted by atomic mass is 79.9. The second kappa shape index (κ2) is 7.08. The molecular formula is C13H14BrNO2. The fourth-order valence-corrected chi connectivity index (χ4v) is 1.84. The Bertz CT molecular complexity index is 438. The van der Waals surface area contributed by atoms with Crippen LogP contribution in [0.25, 0.3) is 0 Å². The molecule has 4 heteroatoms. The van der Waals surface area contributed by atoms with Crippen LogP contribution in [0.4, 0.5) is 0 Å². The number of esters is 1. The lowest BCUT2D eigenvalue weighted by molar-refractivity contribution is 0.0526. The Morgan fingerprint density at radius 1 is 1.41 bits per heavy atom. The van der Waals surface area contributed by atoms with E-state index in [1.54, 1.807) is 13.0 Å². The third-order valence-electron chi connectivity index (χ3n) is 2.24.